The SMILES string of the molecule is Nc1ccccc1NC(=O)c1ccc2c(c1)CCC2NC(=O)OC1=CC=CCC=C1. The Morgan fingerprint density at radius 1 is 1.10 bits per heavy atom. The summed E-state index contributed by atoms with van der Waals surface area (Å²) >= 11 is 0. The van der Waals surface area contributed by atoms with Crippen LogP contribution < -0.4 is 16.4 Å². The van der Waals surface area contributed by atoms with Crippen LogP contribution in [0.4, 0.5) is 16.2 Å². The molecule has 2 aliphatic rings. The molecule has 30 heavy (non-hydrogen) atoms. The second-order valence-corrected chi connectivity index (χ2v) is 7.22. The zero-order chi connectivity index (χ0) is 20.9. The molecule has 2 aromatic carbocycles. The van der Waals surface area contributed by atoms with Gasteiger partial charge in [0.15, 0.2) is 0 Å². The molecule has 4 N–H and O–H groups in total. The summed E-state index contributed by atoms with van der Waals surface area (Å²) in [6.45, 7) is 0. The highest BCUT2D eigenvalue weighted by Gasteiger charge is 2.25. The maximum atomic E-state index is 12.6. The number of nitrogens with two attached hydrogens (primary N) is 1. The van der Waals surface area contributed by atoms with Crippen molar-refractivity contribution in [3.8, 4) is 0 Å². The number of hydrogen-bond acceptors (Lipinski definition) is 4. The van der Waals surface area contributed by atoms with Crippen LogP contribution in [0.25, 0.3) is 0 Å². The van der Waals surface area contributed by atoms with Gasteiger partial charge in [-0.25, -0.2) is 4.79 Å². The van der Waals surface area contributed by atoms with Gasteiger partial charge in [0, 0.05) is 5.56 Å². The number of allylic oxidation sites excluding steroid dienone is 5. The lowest BCUT2D eigenvalue weighted by molar-refractivity contribution is 0.102. The lowest BCUT2D eigenvalue weighted by atomic mass is 10.0. The van der Waals surface area contributed by atoms with E-state index >= 15 is 0 Å². The van der Waals surface area contributed by atoms with Crippen LogP contribution in [0, 0.1) is 0 Å². The molecule has 0 aromatic heterocycles. The second-order valence-electron chi connectivity index (χ2n) is 7.22. The number of fused-ring (bicyclic) bond motifs is 1. The van der Waals surface area contributed by atoms with Crippen molar-refractivity contribution in [3.63, 3.8) is 0 Å². The average molecular weight is 401 g/mol. The Balaban J connectivity index is 1.41. The van der Waals surface area contributed by atoms with E-state index in [4.69, 9.17) is 10.5 Å². The van der Waals surface area contributed by atoms with Crippen molar-refractivity contribution in [2.24, 2.45) is 0 Å². The first-order chi connectivity index (χ1) is 14.6. The lowest BCUT2D eigenvalue weighted by Crippen LogP contribution is -2.27. The normalized spacial score (nSPS) is 16.9. The van der Waals surface area contributed by atoms with Crippen LogP contribution in [0.2, 0.25) is 0 Å². The molecule has 0 radical (unpaired) electrons. The van der Waals surface area contributed by atoms with Gasteiger partial charge >= 0.3 is 6.09 Å². The number of para-hydroxylation sites is 2. The molecule has 0 fully saturated rings. The summed E-state index contributed by atoms with van der Waals surface area (Å²) in [4.78, 5) is 24.9. The summed E-state index contributed by atoms with van der Waals surface area (Å²) in [5, 5.41) is 5.76. The highest BCUT2D eigenvalue weighted by atomic mass is 16.6. The Morgan fingerprint density at radius 3 is 2.83 bits per heavy atom. The molecule has 152 valence electrons. The third-order valence-corrected chi connectivity index (χ3v) is 5.15. The number of aryl methyl sites for hydroxylation is 1. The van der Waals surface area contributed by atoms with Crippen LogP contribution in [0.1, 0.15) is 40.4 Å². The largest absolute Gasteiger partial charge is 0.413 e. The van der Waals surface area contributed by atoms with E-state index in [2.05, 4.69) is 10.6 Å². The molecule has 2 amide bonds. The van der Waals surface area contributed by atoms with E-state index in [0.29, 0.717) is 22.7 Å². The van der Waals surface area contributed by atoms with Gasteiger partial charge in [0.25, 0.3) is 5.91 Å². The summed E-state index contributed by atoms with van der Waals surface area (Å²) in [5.74, 6) is 0.290. The molecule has 0 spiro atoms. The fraction of sp³-hybridized carbons (Fsp3) is 0.167. The number of rotatable bonds is 4. The van der Waals surface area contributed by atoms with Crippen molar-refractivity contribution in [1.29, 1.82) is 0 Å². The standard InChI is InChI=1S/C24H23N3O3/c25-20-9-5-6-10-22(20)26-23(28)17-11-13-19-16(15-17)12-14-21(19)27-24(29)30-18-7-3-1-2-4-8-18/h1,3-11,13,15,21H,2,12,14,25H2,(H,26,28)(H,27,29). The van der Waals surface area contributed by atoms with Crippen molar-refractivity contribution in [2.75, 3.05) is 11.1 Å². The van der Waals surface area contributed by atoms with Gasteiger partial charge in [-0.1, -0.05) is 36.4 Å². The quantitative estimate of drug-likeness (QED) is 0.651. The number of carbonyl (C=O) groups is 2. The van der Waals surface area contributed by atoms with E-state index in [-0.39, 0.29) is 11.9 Å². The van der Waals surface area contributed by atoms with Crippen molar-refractivity contribution < 1.29 is 14.3 Å². The first kappa shape index (κ1) is 19.5. The van der Waals surface area contributed by atoms with Crippen LogP contribution in [0.15, 0.2) is 78.6 Å². The first-order valence-electron chi connectivity index (χ1n) is 9.90. The lowest BCUT2D eigenvalue weighted by Gasteiger charge is -2.15. The van der Waals surface area contributed by atoms with E-state index in [9.17, 15) is 9.59 Å². The Labute approximate surface area is 175 Å². The fourth-order valence-corrected chi connectivity index (χ4v) is 3.62. The minimum Gasteiger partial charge on any atom is -0.410 e. The fourth-order valence-electron chi connectivity index (χ4n) is 3.62. The van der Waals surface area contributed by atoms with Crippen LogP contribution in [0.3, 0.4) is 0 Å². The maximum absolute atomic E-state index is 12.6. The summed E-state index contributed by atoms with van der Waals surface area (Å²) in [5.41, 5.74) is 9.61. The molecule has 0 saturated carbocycles. The van der Waals surface area contributed by atoms with Crippen molar-refractivity contribution >= 4 is 23.4 Å². The molecule has 0 heterocycles. The first-order valence-corrected chi connectivity index (χ1v) is 9.90. The number of nitrogens with one attached hydrogen (secondary N) is 2. The molecular weight excluding hydrogens is 378 g/mol. The van der Waals surface area contributed by atoms with E-state index in [1.807, 2.05) is 42.5 Å². The monoisotopic (exact) mass is 401 g/mol. The molecule has 1 atom stereocenters. The van der Waals surface area contributed by atoms with Crippen LogP contribution in [-0.2, 0) is 11.2 Å². The highest BCUT2D eigenvalue weighted by molar-refractivity contribution is 6.05. The number of benzene rings is 2. The van der Waals surface area contributed by atoms with Gasteiger partial charge in [-0.15, -0.1) is 0 Å². The van der Waals surface area contributed by atoms with Crippen molar-refractivity contribution in [3.05, 3.63) is 95.3 Å². The number of anilines is 2. The zero-order valence-electron chi connectivity index (χ0n) is 16.4. The van der Waals surface area contributed by atoms with Crippen molar-refractivity contribution in [1.82, 2.24) is 5.32 Å². The molecule has 0 aliphatic heterocycles. The number of alkyl carbamates (subject to hydrolysis) is 1. The van der Waals surface area contributed by atoms with Gasteiger partial charge < -0.3 is 21.1 Å². The Bertz CT molecular complexity index is 1070. The topological polar surface area (TPSA) is 93.5 Å². The number of amides is 2. The Morgan fingerprint density at radius 2 is 1.97 bits per heavy atom. The van der Waals surface area contributed by atoms with Gasteiger partial charge in [-0.2, -0.15) is 0 Å². The summed E-state index contributed by atoms with van der Waals surface area (Å²) in [6, 6.07) is 12.5. The molecular formula is C24H23N3O3. The molecule has 6 nitrogen and oxygen atoms in total. The molecule has 4 rings (SSSR count). The number of nitrogen functional groups attached to an aromatic ring is 1. The predicted molar refractivity (Wildman–Crippen MR) is 117 cm³/mol. The number of ether oxygens (including phenoxy) is 1. The predicted octanol–water partition coefficient (Wildman–Crippen LogP) is 4.63. The van der Waals surface area contributed by atoms with E-state index in [0.717, 1.165) is 30.4 Å². The molecule has 6 heteroatoms. The minimum atomic E-state index is -0.486. The number of hydrogen-bond donors (Lipinski definition) is 3. The van der Waals surface area contributed by atoms with Gasteiger partial charge in [-0.05, 0) is 66.8 Å². The van der Waals surface area contributed by atoms with Crippen LogP contribution >= 0.6 is 0 Å². The molecule has 2 aromatic rings. The van der Waals surface area contributed by atoms with Crippen LogP contribution in [0.5, 0.6) is 0 Å². The van der Waals surface area contributed by atoms with Gasteiger partial charge in [-0.3, -0.25) is 4.79 Å². The smallest absolute Gasteiger partial charge is 0.410 e. The summed E-state index contributed by atoms with van der Waals surface area (Å²) in [7, 11) is 0. The maximum Gasteiger partial charge on any atom is 0.413 e. The summed E-state index contributed by atoms with van der Waals surface area (Å²) < 4.78 is 5.38. The van der Waals surface area contributed by atoms with Gasteiger partial charge in [0.2, 0.25) is 0 Å². The van der Waals surface area contributed by atoms with E-state index < -0.39 is 6.09 Å². The average Bonchev–Trinajstić information content (AvgIpc) is 2.95. The summed E-state index contributed by atoms with van der Waals surface area (Å²) in [6.07, 6.45) is 11.2. The van der Waals surface area contributed by atoms with Gasteiger partial charge in [0.05, 0.1) is 17.4 Å². The highest BCUT2D eigenvalue weighted by Crippen LogP contribution is 2.32. The van der Waals surface area contributed by atoms with E-state index in [1.165, 1.54) is 0 Å². The third kappa shape index (κ3) is 4.43. The zero-order valence-corrected chi connectivity index (χ0v) is 16.4. The van der Waals surface area contributed by atoms with E-state index in [1.54, 1.807) is 30.4 Å². The molecule has 1 unspecified atom stereocenters. The Hall–Kier alpha value is -3.80. The minimum absolute atomic E-state index is 0.139. The Kier molecular flexibility index (Phi) is 5.66. The third-order valence-electron chi connectivity index (χ3n) is 5.15. The van der Waals surface area contributed by atoms with Crippen molar-refractivity contribution in [2.45, 2.75) is 25.3 Å². The molecule has 0 saturated heterocycles. The second kappa shape index (κ2) is 8.69. The number of carbonyl (C=O) groups excluding carboxylic acids is 2. The molecule has 2 aliphatic carbocycles. The van der Waals surface area contributed by atoms with Gasteiger partial charge in [0.1, 0.15) is 5.76 Å². The van der Waals surface area contributed by atoms with Crippen LogP contribution in [-0.4, -0.2) is 12.0 Å². The molecule has 0 bridgehead atoms.